The summed E-state index contributed by atoms with van der Waals surface area (Å²) in [4.78, 5) is 0. The summed E-state index contributed by atoms with van der Waals surface area (Å²) in [6.07, 6.45) is 6.41. The molecule has 0 radical (unpaired) electrons. The molecule has 1 saturated carbocycles. The summed E-state index contributed by atoms with van der Waals surface area (Å²) in [7, 11) is -0.914. The summed E-state index contributed by atoms with van der Waals surface area (Å²) in [6.45, 7) is 4.94. The van der Waals surface area contributed by atoms with E-state index in [-0.39, 0.29) is 22.5 Å². The Hall–Kier alpha value is -0.400. The first kappa shape index (κ1) is 15.0. The summed E-state index contributed by atoms with van der Waals surface area (Å²) >= 11 is 0. The number of nitriles is 1. The van der Waals surface area contributed by atoms with E-state index in [9.17, 15) is 9.47 Å². The second kappa shape index (κ2) is 6.85. The van der Waals surface area contributed by atoms with E-state index in [4.69, 9.17) is 4.74 Å². The smallest absolute Gasteiger partial charge is 0.0691 e. The van der Waals surface area contributed by atoms with Crippen molar-refractivity contribution in [1.29, 1.82) is 5.26 Å². The number of hydrogen-bond donors (Lipinski definition) is 0. The third-order valence-electron chi connectivity index (χ3n) is 4.67. The summed E-state index contributed by atoms with van der Waals surface area (Å²) in [5.41, 5.74) is 0. The molecule has 4 heteroatoms. The molecule has 2 aliphatic rings. The van der Waals surface area contributed by atoms with Gasteiger partial charge in [0.05, 0.1) is 28.6 Å². The molecule has 0 spiro atoms. The molecule has 2 fully saturated rings. The Kier molecular flexibility index (Phi) is 5.41. The van der Waals surface area contributed by atoms with Crippen molar-refractivity contribution in [3.05, 3.63) is 0 Å². The highest BCUT2D eigenvalue weighted by Gasteiger charge is 2.40. The molecule has 1 aliphatic heterocycles. The molecule has 19 heavy (non-hydrogen) atoms. The lowest BCUT2D eigenvalue weighted by molar-refractivity contribution is 0.126. The van der Waals surface area contributed by atoms with Crippen LogP contribution in [0, 0.1) is 23.2 Å². The fraction of sp³-hybridized carbons (Fsp3) is 0.933. The topological polar surface area (TPSA) is 50.1 Å². The third kappa shape index (κ3) is 3.38. The third-order valence-corrected chi connectivity index (χ3v) is 7.00. The SMILES string of the molecule is CCCC1CCC(C#N)C(S(=O)C2CCOC2C)C1. The fourth-order valence-electron chi connectivity index (χ4n) is 3.53. The highest BCUT2D eigenvalue weighted by molar-refractivity contribution is 7.86. The van der Waals surface area contributed by atoms with Gasteiger partial charge in [-0.25, -0.2) is 0 Å². The van der Waals surface area contributed by atoms with Gasteiger partial charge in [0.1, 0.15) is 0 Å². The number of nitrogens with zero attached hydrogens (tertiary/aromatic N) is 1. The van der Waals surface area contributed by atoms with E-state index in [2.05, 4.69) is 13.0 Å². The van der Waals surface area contributed by atoms with Crippen LogP contribution in [0.25, 0.3) is 0 Å². The van der Waals surface area contributed by atoms with Crippen molar-refractivity contribution >= 4 is 10.8 Å². The zero-order valence-electron chi connectivity index (χ0n) is 12.0. The Morgan fingerprint density at radius 2 is 2.11 bits per heavy atom. The minimum atomic E-state index is -0.914. The summed E-state index contributed by atoms with van der Waals surface area (Å²) in [5.74, 6) is 0.655. The van der Waals surface area contributed by atoms with Gasteiger partial charge in [0.25, 0.3) is 0 Å². The van der Waals surface area contributed by atoms with Crippen LogP contribution in [0.1, 0.15) is 52.4 Å². The van der Waals surface area contributed by atoms with Crippen LogP contribution in [-0.4, -0.2) is 27.4 Å². The molecular weight excluding hydrogens is 258 g/mol. The van der Waals surface area contributed by atoms with E-state index >= 15 is 0 Å². The Morgan fingerprint density at radius 3 is 2.68 bits per heavy atom. The first-order chi connectivity index (χ1) is 9.17. The molecular formula is C15H25NO2S. The molecule has 0 bridgehead atoms. The van der Waals surface area contributed by atoms with Crippen molar-refractivity contribution < 1.29 is 8.95 Å². The average molecular weight is 283 g/mol. The van der Waals surface area contributed by atoms with Crippen LogP contribution in [0.5, 0.6) is 0 Å². The van der Waals surface area contributed by atoms with Crippen molar-refractivity contribution in [2.24, 2.45) is 11.8 Å². The summed E-state index contributed by atoms with van der Waals surface area (Å²) in [6, 6.07) is 2.40. The molecule has 108 valence electrons. The average Bonchev–Trinajstić information content (AvgIpc) is 2.84. The van der Waals surface area contributed by atoms with Gasteiger partial charge in [-0.15, -0.1) is 0 Å². The lowest BCUT2D eigenvalue weighted by Gasteiger charge is -2.34. The summed E-state index contributed by atoms with van der Waals surface area (Å²) in [5, 5.41) is 9.53. The van der Waals surface area contributed by atoms with Gasteiger partial charge >= 0.3 is 0 Å². The highest BCUT2D eigenvalue weighted by Crippen LogP contribution is 2.37. The van der Waals surface area contributed by atoms with Crippen molar-refractivity contribution in [2.45, 2.75) is 69.0 Å². The van der Waals surface area contributed by atoms with Crippen LogP contribution in [0.15, 0.2) is 0 Å². The first-order valence-electron chi connectivity index (χ1n) is 7.58. The first-order valence-corrected chi connectivity index (χ1v) is 8.85. The van der Waals surface area contributed by atoms with Crippen LogP contribution in [0.2, 0.25) is 0 Å². The van der Waals surface area contributed by atoms with Crippen molar-refractivity contribution in [3.63, 3.8) is 0 Å². The monoisotopic (exact) mass is 283 g/mol. The van der Waals surface area contributed by atoms with E-state index in [0.29, 0.717) is 5.92 Å². The number of ether oxygens (including phenoxy) is 1. The predicted octanol–water partition coefficient (Wildman–Crippen LogP) is 3.02. The summed E-state index contributed by atoms with van der Waals surface area (Å²) < 4.78 is 18.4. The van der Waals surface area contributed by atoms with Crippen molar-refractivity contribution in [3.8, 4) is 6.07 Å². The Labute approximate surface area is 119 Å². The maximum Gasteiger partial charge on any atom is 0.0691 e. The maximum absolute atomic E-state index is 12.8. The quantitative estimate of drug-likeness (QED) is 0.797. The lowest BCUT2D eigenvalue weighted by Crippen LogP contribution is -2.39. The highest BCUT2D eigenvalue weighted by atomic mass is 32.2. The van der Waals surface area contributed by atoms with Gasteiger partial charge in [-0.3, -0.25) is 4.21 Å². The molecule has 6 atom stereocenters. The number of hydrogen-bond acceptors (Lipinski definition) is 3. The molecule has 1 aliphatic carbocycles. The molecule has 2 rings (SSSR count). The molecule has 1 saturated heterocycles. The molecule has 3 nitrogen and oxygen atoms in total. The van der Waals surface area contributed by atoms with Gasteiger partial charge in [0.2, 0.25) is 0 Å². The van der Waals surface area contributed by atoms with Crippen LogP contribution < -0.4 is 0 Å². The van der Waals surface area contributed by atoms with Gasteiger partial charge in [-0.2, -0.15) is 5.26 Å². The minimum Gasteiger partial charge on any atom is -0.377 e. The Morgan fingerprint density at radius 1 is 1.32 bits per heavy atom. The molecule has 6 unspecified atom stereocenters. The van der Waals surface area contributed by atoms with Crippen LogP contribution in [0.3, 0.4) is 0 Å². The Bertz CT molecular complexity index is 366. The predicted molar refractivity (Wildman–Crippen MR) is 77.1 cm³/mol. The lowest BCUT2D eigenvalue weighted by atomic mass is 9.80. The maximum atomic E-state index is 12.8. The zero-order chi connectivity index (χ0) is 13.8. The van der Waals surface area contributed by atoms with Crippen molar-refractivity contribution in [2.75, 3.05) is 6.61 Å². The number of rotatable bonds is 4. The molecule has 0 amide bonds. The molecule has 0 aromatic rings. The normalized spacial score (nSPS) is 40.8. The Balaban J connectivity index is 2.05. The van der Waals surface area contributed by atoms with Gasteiger partial charge < -0.3 is 4.74 Å². The second-order valence-electron chi connectivity index (χ2n) is 5.97. The van der Waals surface area contributed by atoms with E-state index in [1.807, 2.05) is 6.92 Å². The van der Waals surface area contributed by atoms with Crippen LogP contribution in [0.4, 0.5) is 0 Å². The van der Waals surface area contributed by atoms with Gasteiger partial charge in [0.15, 0.2) is 0 Å². The van der Waals surface area contributed by atoms with E-state index in [0.717, 1.165) is 32.3 Å². The largest absolute Gasteiger partial charge is 0.377 e. The molecule has 0 N–H and O–H groups in total. The molecule has 1 heterocycles. The molecule has 0 aromatic heterocycles. The second-order valence-corrected chi connectivity index (χ2v) is 7.84. The fourth-order valence-corrected chi connectivity index (χ4v) is 5.74. The van der Waals surface area contributed by atoms with Gasteiger partial charge in [-0.1, -0.05) is 19.8 Å². The van der Waals surface area contributed by atoms with Crippen LogP contribution >= 0.6 is 0 Å². The van der Waals surface area contributed by atoms with E-state index in [1.54, 1.807) is 0 Å². The standard InChI is InChI=1S/C15H25NO2S/c1-3-4-12-5-6-13(10-16)15(9-12)19(17)14-7-8-18-11(14)2/h11-15H,3-9H2,1-2H3. The zero-order valence-corrected chi connectivity index (χ0v) is 12.8. The van der Waals surface area contributed by atoms with Gasteiger partial charge in [-0.05, 0) is 38.5 Å². The van der Waals surface area contributed by atoms with Crippen LogP contribution in [-0.2, 0) is 15.5 Å². The van der Waals surface area contributed by atoms with Gasteiger partial charge in [0, 0.05) is 17.4 Å². The van der Waals surface area contributed by atoms with Crippen molar-refractivity contribution in [1.82, 2.24) is 0 Å². The van der Waals surface area contributed by atoms with E-state index < -0.39 is 10.8 Å². The minimum absolute atomic E-state index is 0.0123. The van der Waals surface area contributed by atoms with E-state index in [1.165, 1.54) is 12.8 Å². The molecule has 0 aromatic carbocycles.